The third-order valence-corrected chi connectivity index (χ3v) is 6.36. The molecule has 0 saturated carbocycles. The van der Waals surface area contributed by atoms with E-state index in [1.54, 1.807) is 60.7 Å². The van der Waals surface area contributed by atoms with Crippen LogP contribution >= 0.6 is 0 Å². The van der Waals surface area contributed by atoms with Crippen LogP contribution in [0.5, 0.6) is 0 Å². The summed E-state index contributed by atoms with van der Waals surface area (Å²) in [6, 6.07) is 10.5. The predicted octanol–water partition coefficient (Wildman–Crippen LogP) is -2.41. The Hall–Kier alpha value is -5.31. The molecule has 0 heterocycles. The van der Waals surface area contributed by atoms with E-state index in [1.165, 1.54) is 6.92 Å². The van der Waals surface area contributed by atoms with E-state index >= 15 is 0 Å². The number of carbonyl (C=O) groups excluding carboxylic acids is 6. The van der Waals surface area contributed by atoms with Gasteiger partial charge >= 0.3 is 5.97 Å². The average molecular weight is 612 g/mol. The molecule has 44 heavy (non-hydrogen) atoms. The molecule has 0 fully saturated rings. The number of nitrogens with two attached hydrogens (primary N) is 3. The number of carboxylic acids is 1. The van der Waals surface area contributed by atoms with Gasteiger partial charge in [0.15, 0.2) is 0 Å². The molecule has 2 rings (SSSR count). The maximum atomic E-state index is 13.2. The lowest BCUT2D eigenvalue weighted by Crippen LogP contribution is -2.58. The van der Waals surface area contributed by atoms with Crippen LogP contribution in [0.1, 0.15) is 30.9 Å². The molecule has 5 atom stereocenters. The lowest BCUT2D eigenvalue weighted by Gasteiger charge is -2.25. The highest BCUT2D eigenvalue weighted by molar-refractivity contribution is 5.96. The Kier molecular flexibility index (Phi) is 13.5. The Morgan fingerprint density at radius 2 is 1.02 bits per heavy atom. The highest BCUT2D eigenvalue weighted by atomic mass is 16.4. The molecular weight excluding hydrogens is 574 g/mol. The molecule has 5 unspecified atom stereocenters. The summed E-state index contributed by atoms with van der Waals surface area (Å²) in [5.41, 5.74) is 17.2. The van der Waals surface area contributed by atoms with Crippen LogP contribution in [0.4, 0.5) is 0 Å². The van der Waals surface area contributed by atoms with E-state index in [0.29, 0.717) is 11.1 Å². The number of benzene rings is 2. The molecule has 15 heteroatoms. The number of carbonyl (C=O) groups is 7. The number of primary amides is 2. The maximum absolute atomic E-state index is 13.2. The fourth-order valence-electron chi connectivity index (χ4n) is 4.06. The van der Waals surface area contributed by atoms with Crippen molar-refractivity contribution in [3.05, 3.63) is 71.8 Å². The second-order valence-corrected chi connectivity index (χ2v) is 10.1. The first-order valence-corrected chi connectivity index (χ1v) is 13.6. The van der Waals surface area contributed by atoms with Crippen LogP contribution in [0, 0.1) is 0 Å². The van der Waals surface area contributed by atoms with E-state index < -0.39 is 84.5 Å². The largest absolute Gasteiger partial charge is 0.480 e. The summed E-state index contributed by atoms with van der Waals surface area (Å²) in [4.78, 5) is 86.1. The fourth-order valence-corrected chi connectivity index (χ4v) is 4.06. The number of nitrogens with one attached hydrogen (secondary N) is 4. The molecule has 6 amide bonds. The minimum atomic E-state index is -1.63. The summed E-state index contributed by atoms with van der Waals surface area (Å²) in [6.07, 6.45) is -1.15. The van der Waals surface area contributed by atoms with Crippen molar-refractivity contribution >= 4 is 41.4 Å². The Labute approximate surface area is 253 Å². The number of rotatable bonds is 17. The van der Waals surface area contributed by atoms with Crippen molar-refractivity contribution in [2.24, 2.45) is 17.2 Å². The SMILES string of the molecule is CC(NC(=O)C(Cc1ccccc1)NC(=O)C(N)CC(N)=O)C(=O)NC(Cc1ccccc1)C(=O)NC(CC(N)=O)C(=O)O. The lowest BCUT2D eigenvalue weighted by molar-refractivity contribution is -0.143. The van der Waals surface area contributed by atoms with Crippen molar-refractivity contribution in [3.8, 4) is 0 Å². The van der Waals surface area contributed by atoms with Crippen LogP contribution in [0.25, 0.3) is 0 Å². The molecule has 236 valence electrons. The summed E-state index contributed by atoms with van der Waals surface area (Å²) < 4.78 is 0. The maximum Gasteiger partial charge on any atom is 0.326 e. The second-order valence-electron chi connectivity index (χ2n) is 10.1. The molecule has 0 spiro atoms. The fraction of sp³-hybridized carbons (Fsp3) is 0.345. The van der Waals surface area contributed by atoms with Gasteiger partial charge in [-0.15, -0.1) is 0 Å². The minimum absolute atomic E-state index is 0.0194. The molecule has 0 bridgehead atoms. The normalized spacial score (nSPS) is 14.0. The van der Waals surface area contributed by atoms with Crippen molar-refractivity contribution in [2.75, 3.05) is 0 Å². The zero-order chi connectivity index (χ0) is 32.8. The van der Waals surface area contributed by atoms with Crippen LogP contribution in [0.2, 0.25) is 0 Å². The second kappa shape index (κ2) is 17.0. The summed E-state index contributed by atoms with van der Waals surface area (Å²) in [5, 5.41) is 19.1. The predicted molar refractivity (Wildman–Crippen MR) is 157 cm³/mol. The molecule has 0 aromatic heterocycles. The van der Waals surface area contributed by atoms with E-state index in [2.05, 4.69) is 21.3 Å². The Morgan fingerprint density at radius 3 is 1.45 bits per heavy atom. The van der Waals surface area contributed by atoms with Crippen LogP contribution in [-0.2, 0) is 46.4 Å². The topological polar surface area (TPSA) is 266 Å². The zero-order valence-corrected chi connectivity index (χ0v) is 24.0. The summed E-state index contributed by atoms with van der Waals surface area (Å²) in [6.45, 7) is 1.35. The zero-order valence-electron chi connectivity index (χ0n) is 24.0. The van der Waals surface area contributed by atoms with Gasteiger partial charge in [0, 0.05) is 12.8 Å². The van der Waals surface area contributed by atoms with Gasteiger partial charge in [0.2, 0.25) is 35.4 Å². The van der Waals surface area contributed by atoms with Gasteiger partial charge in [-0.05, 0) is 18.1 Å². The first-order valence-electron chi connectivity index (χ1n) is 13.6. The first-order chi connectivity index (χ1) is 20.8. The quantitative estimate of drug-likeness (QED) is 0.0945. The molecule has 2 aromatic rings. The standard InChI is InChI=1S/C29H37N7O8/c1-16(33-27(41)20(12-17-8-4-2-5-9-17)35-26(40)19(30)14-23(31)37)25(39)34-21(13-18-10-6-3-7-11-18)28(42)36-22(29(43)44)15-24(32)38/h2-11,16,19-22H,12-15,30H2,1H3,(H2,31,37)(H2,32,38)(H,33,41)(H,34,39)(H,35,40)(H,36,42)(H,43,44). The lowest BCUT2D eigenvalue weighted by atomic mass is 10.0. The van der Waals surface area contributed by atoms with E-state index in [9.17, 15) is 38.7 Å². The van der Waals surface area contributed by atoms with Crippen LogP contribution in [-0.4, -0.2) is 76.7 Å². The van der Waals surface area contributed by atoms with E-state index in [-0.39, 0.29) is 12.8 Å². The minimum Gasteiger partial charge on any atom is -0.480 e. The number of amides is 6. The van der Waals surface area contributed by atoms with Crippen LogP contribution < -0.4 is 38.5 Å². The van der Waals surface area contributed by atoms with E-state index in [4.69, 9.17) is 17.2 Å². The number of hydrogen-bond acceptors (Lipinski definition) is 8. The van der Waals surface area contributed by atoms with Gasteiger partial charge in [0.05, 0.1) is 18.9 Å². The Bertz CT molecular complexity index is 1340. The molecular formula is C29H37N7O8. The molecule has 0 radical (unpaired) electrons. The molecule has 0 aliphatic heterocycles. The summed E-state index contributed by atoms with van der Waals surface area (Å²) in [5.74, 6) is -6.51. The summed E-state index contributed by atoms with van der Waals surface area (Å²) in [7, 11) is 0. The molecule has 2 aromatic carbocycles. The van der Waals surface area contributed by atoms with Gasteiger partial charge in [-0.25, -0.2) is 4.79 Å². The van der Waals surface area contributed by atoms with E-state index in [1.807, 2.05) is 0 Å². The van der Waals surface area contributed by atoms with Gasteiger partial charge in [-0.1, -0.05) is 60.7 Å². The third kappa shape index (κ3) is 11.9. The number of hydrogen-bond donors (Lipinski definition) is 8. The van der Waals surface area contributed by atoms with Gasteiger partial charge in [0.1, 0.15) is 24.2 Å². The van der Waals surface area contributed by atoms with Crippen molar-refractivity contribution in [2.45, 2.75) is 62.8 Å². The molecule has 0 aliphatic carbocycles. The van der Waals surface area contributed by atoms with Crippen molar-refractivity contribution in [3.63, 3.8) is 0 Å². The summed E-state index contributed by atoms with van der Waals surface area (Å²) >= 11 is 0. The van der Waals surface area contributed by atoms with Gasteiger partial charge in [-0.3, -0.25) is 28.8 Å². The van der Waals surface area contributed by atoms with E-state index in [0.717, 1.165) is 0 Å². The van der Waals surface area contributed by atoms with Gasteiger partial charge in [0.25, 0.3) is 0 Å². The highest BCUT2D eigenvalue weighted by Gasteiger charge is 2.31. The smallest absolute Gasteiger partial charge is 0.326 e. The first kappa shape index (κ1) is 34.9. The van der Waals surface area contributed by atoms with Crippen LogP contribution in [0.3, 0.4) is 0 Å². The van der Waals surface area contributed by atoms with Gasteiger partial charge < -0.3 is 43.6 Å². The molecule has 11 N–H and O–H groups in total. The monoisotopic (exact) mass is 611 g/mol. The van der Waals surface area contributed by atoms with Crippen molar-refractivity contribution < 1.29 is 38.7 Å². The van der Waals surface area contributed by atoms with Crippen molar-refractivity contribution in [1.82, 2.24) is 21.3 Å². The Balaban J connectivity index is 2.20. The average Bonchev–Trinajstić information content (AvgIpc) is 2.96. The molecule has 0 aliphatic rings. The van der Waals surface area contributed by atoms with Crippen molar-refractivity contribution in [1.29, 1.82) is 0 Å². The molecule has 0 saturated heterocycles. The third-order valence-electron chi connectivity index (χ3n) is 6.36. The highest BCUT2D eigenvalue weighted by Crippen LogP contribution is 2.07. The van der Waals surface area contributed by atoms with Gasteiger partial charge in [-0.2, -0.15) is 0 Å². The van der Waals surface area contributed by atoms with Crippen LogP contribution in [0.15, 0.2) is 60.7 Å². The Morgan fingerprint density at radius 1 is 0.614 bits per heavy atom. The number of aliphatic carboxylic acids is 1. The molecule has 15 nitrogen and oxygen atoms in total. The number of carboxylic acid groups (broad SMARTS) is 1.